The fraction of sp³-hybridized carbons (Fsp3) is 0.294. The van der Waals surface area contributed by atoms with Crippen LogP contribution >= 0.6 is 7.60 Å². The summed E-state index contributed by atoms with van der Waals surface area (Å²) in [6.45, 7) is 3.88. The van der Waals surface area contributed by atoms with Crippen LogP contribution in [-0.2, 0) is 4.57 Å². The summed E-state index contributed by atoms with van der Waals surface area (Å²) in [5, 5.41) is 0. The molecule has 0 bridgehead atoms. The molecule has 2 aromatic carbocycles. The van der Waals surface area contributed by atoms with Crippen molar-refractivity contribution in [2.75, 3.05) is 6.16 Å². The number of hydrogen-bond acceptors (Lipinski definition) is 2. The molecule has 2 aromatic rings. The Bertz CT molecular complexity index is 638. The summed E-state index contributed by atoms with van der Waals surface area (Å²) in [6, 6.07) is 15.5. The molecule has 0 saturated heterocycles. The maximum absolute atomic E-state index is 12.2. The molecule has 4 heteroatoms. The number of aryl methyl sites for hydroxylation is 1. The Morgan fingerprint density at radius 2 is 1.81 bits per heavy atom. The smallest absolute Gasteiger partial charge is 0.376 e. The van der Waals surface area contributed by atoms with E-state index in [0.29, 0.717) is 12.2 Å². The highest BCUT2D eigenvalue weighted by Gasteiger charge is 2.23. The van der Waals surface area contributed by atoms with Gasteiger partial charge in [0.25, 0.3) is 0 Å². The Morgan fingerprint density at radius 3 is 2.48 bits per heavy atom. The molecule has 1 atom stereocenters. The molecule has 1 N–H and O–H groups in total. The highest BCUT2D eigenvalue weighted by atomic mass is 31.2. The third kappa shape index (κ3) is 4.20. The fourth-order valence-electron chi connectivity index (χ4n) is 2.16. The zero-order chi connectivity index (χ0) is 15.3. The van der Waals surface area contributed by atoms with Gasteiger partial charge >= 0.3 is 7.60 Å². The zero-order valence-corrected chi connectivity index (χ0v) is 13.3. The van der Waals surface area contributed by atoms with E-state index in [2.05, 4.69) is 0 Å². The Kier molecular flexibility index (Phi) is 5.22. The molecule has 0 amide bonds. The summed E-state index contributed by atoms with van der Waals surface area (Å²) in [7, 11) is -3.61. The second-order valence-electron chi connectivity index (χ2n) is 5.12. The van der Waals surface area contributed by atoms with Crippen LogP contribution in [0.2, 0.25) is 0 Å². The predicted molar refractivity (Wildman–Crippen MR) is 86.8 cm³/mol. The van der Waals surface area contributed by atoms with Gasteiger partial charge in [0.15, 0.2) is 0 Å². The number of para-hydroxylation sites is 1. The van der Waals surface area contributed by atoms with Gasteiger partial charge in [0.2, 0.25) is 0 Å². The number of unbranched alkanes of at least 4 members (excludes halogenated alkanes) is 1. The predicted octanol–water partition coefficient (Wildman–Crippen LogP) is 5.03. The molecule has 0 saturated carbocycles. The van der Waals surface area contributed by atoms with Crippen molar-refractivity contribution < 1.29 is 14.0 Å². The van der Waals surface area contributed by atoms with Crippen molar-refractivity contribution in [3.05, 3.63) is 54.1 Å². The number of hydrogen-bond donors (Lipinski definition) is 1. The van der Waals surface area contributed by atoms with E-state index in [1.807, 2.05) is 62.4 Å². The van der Waals surface area contributed by atoms with Gasteiger partial charge in [-0.05, 0) is 24.5 Å². The van der Waals surface area contributed by atoms with Gasteiger partial charge in [0.05, 0.1) is 6.16 Å². The standard InChI is InChI=1S/C17H21O3P/c1-3-4-13-21(18,19)20-17-14(2)9-8-12-16(17)15-10-6-5-7-11-15/h5-12H,3-4,13H2,1-2H3,(H,18,19). The minimum absolute atomic E-state index is 0.187. The summed E-state index contributed by atoms with van der Waals surface area (Å²) >= 11 is 0. The van der Waals surface area contributed by atoms with Crippen molar-refractivity contribution in [2.24, 2.45) is 0 Å². The van der Waals surface area contributed by atoms with Gasteiger partial charge in [0, 0.05) is 5.56 Å². The van der Waals surface area contributed by atoms with Crippen molar-refractivity contribution in [1.29, 1.82) is 0 Å². The molecule has 0 aliphatic heterocycles. The first kappa shape index (κ1) is 15.8. The van der Waals surface area contributed by atoms with Crippen LogP contribution in [-0.4, -0.2) is 11.1 Å². The van der Waals surface area contributed by atoms with Gasteiger partial charge in [-0.3, -0.25) is 0 Å². The van der Waals surface area contributed by atoms with E-state index in [1.54, 1.807) is 0 Å². The fourth-order valence-corrected chi connectivity index (χ4v) is 3.50. The SMILES string of the molecule is CCCCP(=O)(O)Oc1c(C)cccc1-c1ccccc1. The van der Waals surface area contributed by atoms with Gasteiger partial charge in [-0.25, -0.2) is 4.57 Å². The van der Waals surface area contributed by atoms with E-state index in [9.17, 15) is 9.46 Å². The molecule has 0 heterocycles. The van der Waals surface area contributed by atoms with E-state index in [0.717, 1.165) is 23.1 Å². The van der Waals surface area contributed by atoms with Gasteiger partial charge in [-0.15, -0.1) is 0 Å². The summed E-state index contributed by atoms with van der Waals surface area (Å²) in [4.78, 5) is 10.0. The summed E-state index contributed by atoms with van der Waals surface area (Å²) in [6.07, 6.45) is 1.74. The minimum Gasteiger partial charge on any atom is -0.424 e. The third-order valence-corrected chi connectivity index (χ3v) is 4.67. The van der Waals surface area contributed by atoms with Crippen molar-refractivity contribution in [1.82, 2.24) is 0 Å². The molecule has 2 rings (SSSR count). The van der Waals surface area contributed by atoms with Crippen molar-refractivity contribution in [3.63, 3.8) is 0 Å². The van der Waals surface area contributed by atoms with Crippen LogP contribution in [0.1, 0.15) is 25.3 Å². The molecular formula is C17H21O3P. The Balaban J connectivity index is 2.37. The second kappa shape index (κ2) is 6.93. The molecule has 0 radical (unpaired) electrons. The van der Waals surface area contributed by atoms with Crippen LogP contribution in [0, 0.1) is 6.92 Å². The monoisotopic (exact) mass is 304 g/mol. The van der Waals surface area contributed by atoms with Crippen LogP contribution in [0.4, 0.5) is 0 Å². The van der Waals surface area contributed by atoms with E-state index >= 15 is 0 Å². The molecule has 112 valence electrons. The van der Waals surface area contributed by atoms with Gasteiger partial charge in [-0.2, -0.15) is 0 Å². The molecule has 0 aromatic heterocycles. The number of benzene rings is 2. The summed E-state index contributed by atoms with van der Waals surface area (Å²) in [5.41, 5.74) is 2.69. The lowest BCUT2D eigenvalue weighted by Crippen LogP contribution is -2.00. The first-order valence-corrected chi connectivity index (χ1v) is 8.96. The van der Waals surface area contributed by atoms with Gasteiger partial charge in [-0.1, -0.05) is 61.9 Å². The van der Waals surface area contributed by atoms with E-state index in [4.69, 9.17) is 4.52 Å². The molecule has 1 unspecified atom stereocenters. The normalized spacial score (nSPS) is 13.7. The van der Waals surface area contributed by atoms with Crippen LogP contribution in [0.3, 0.4) is 0 Å². The van der Waals surface area contributed by atoms with Crippen LogP contribution < -0.4 is 4.52 Å². The van der Waals surface area contributed by atoms with Crippen molar-refractivity contribution >= 4 is 7.60 Å². The lowest BCUT2D eigenvalue weighted by molar-refractivity contribution is 0.377. The third-order valence-electron chi connectivity index (χ3n) is 3.32. The van der Waals surface area contributed by atoms with Gasteiger partial charge < -0.3 is 9.42 Å². The molecule has 3 nitrogen and oxygen atoms in total. The summed E-state index contributed by atoms with van der Waals surface area (Å²) < 4.78 is 17.7. The van der Waals surface area contributed by atoms with Crippen LogP contribution in [0.25, 0.3) is 11.1 Å². The van der Waals surface area contributed by atoms with Crippen molar-refractivity contribution in [2.45, 2.75) is 26.7 Å². The van der Waals surface area contributed by atoms with E-state index in [1.165, 1.54) is 0 Å². The minimum atomic E-state index is -3.61. The first-order valence-electron chi connectivity index (χ1n) is 7.20. The zero-order valence-electron chi connectivity index (χ0n) is 12.5. The molecule has 0 spiro atoms. The lowest BCUT2D eigenvalue weighted by Gasteiger charge is -2.18. The van der Waals surface area contributed by atoms with Gasteiger partial charge in [0.1, 0.15) is 5.75 Å². The first-order chi connectivity index (χ1) is 10.0. The van der Waals surface area contributed by atoms with Crippen LogP contribution in [0.15, 0.2) is 48.5 Å². The number of rotatable bonds is 6. The van der Waals surface area contributed by atoms with E-state index in [-0.39, 0.29) is 6.16 Å². The lowest BCUT2D eigenvalue weighted by atomic mass is 10.0. The summed E-state index contributed by atoms with van der Waals surface area (Å²) in [5.74, 6) is 0.505. The Morgan fingerprint density at radius 1 is 1.10 bits per heavy atom. The topological polar surface area (TPSA) is 46.5 Å². The molecular weight excluding hydrogens is 283 g/mol. The highest BCUT2D eigenvalue weighted by molar-refractivity contribution is 7.53. The average molecular weight is 304 g/mol. The molecule has 0 fully saturated rings. The molecule has 21 heavy (non-hydrogen) atoms. The Hall–Kier alpha value is -1.57. The second-order valence-corrected chi connectivity index (χ2v) is 7.03. The van der Waals surface area contributed by atoms with Crippen molar-refractivity contribution in [3.8, 4) is 16.9 Å². The Labute approximate surface area is 126 Å². The van der Waals surface area contributed by atoms with E-state index < -0.39 is 7.60 Å². The highest BCUT2D eigenvalue weighted by Crippen LogP contribution is 2.47. The average Bonchev–Trinajstić information content (AvgIpc) is 2.48. The maximum Gasteiger partial charge on any atom is 0.376 e. The molecule has 0 aliphatic carbocycles. The molecule has 0 aliphatic rings. The maximum atomic E-state index is 12.2. The quantitative estimate of drug-likeness (QED) is 0.762. The largest absolute Gasteiger partial charge is 0.424 e. The van der Waals surface area contributed by atoms with Crippen LogP contribution in [0.5, 0.6) is 5.75 Å².